The highest BCUT2D eigenvalue weighted by molar-refractivity contribution is 5.83. The van der Waals surface area contributed by atoms with Gasteiger partial charge in [0.2, 0.25) is 0 Å². The Bertz CT molecular complexity index is 401. The highest BCUT2D eigenvalue weighted by Crippen LogP contribution is 2.58. The summed E-state index contributed by atoms with van der Waals surface area (Å²) in [5.74, 6) is -1.20. The summed E-state index contributed by atoms with van der Waals surface area (Å²) < 4.78 is 10.8. The van der Waals surface area contributed by atoms with E-state index in [1.54, 1.807) is 0 Å². The first-order valence-electron chi connectivity index (χ1n) is 5.34. The molecule has 2 bridgehead atoms. The van der Waals surface area contributed by atoms with Crippen LogP contribution in [0.25, 0.3) is 0 Å². The van der Waals surface area contributed by atoms with E-state index in [0.29, 0.717) is 12.8 Å². The quantitative estimate of drug-likeness (QED) is 0.558. The van der Waals surface area contributed by atoms with E-state index in [-0.39, 0.29) is 25.1 Å². The van der Waals surface area contributed by atoms with Crippen molar-refractivity contribution in [3.63, 3.8) is 0 Å². The van der Waals surface area contributed by atoms with Crippen molar-refractivity contribution in [2.45, 2.75) is 31.0 Å². The molecule has 5 nitrogen and oxygen atoms in total. The molecule has 0 aromatic carbocycles. The van der Waals surface area contributed by atoms with Crippen LogP contribution in [0.5, 0.6) is 0 Å². The van der Waals surface area contributed by atoms with Crippen LogP contribution >= 0.6 is 0 Å². The number of carbonyl (C=O) groups excluding carboxylic acids is 1. The van der Waals surface area contributed by atoms with Crippen molar-refractivity contribution in [2.75, 3.05) is 6.61 Å². The summed E-state index contributed by atoms with van der Waals surface area (Å²) in [4.78, 5) is 22.5. The van der Waals surface area contributed by atoms with E-state index in [9.17, 15) is 9.59 Å². The molecule has 5 heteroatoms. The van der Waals surface area contributed by atoms with E-state index < -0.39 is 17.0 Å². The first-order chi connectivity index (χ1) is 7.58. The van der Waals surface area contributed by atoms with Crippen LogP contribution in [-0.2, 0) is 19.1 Å². The molecule has 1 N–H and O–H groups in total. The third-order valence-electron chi connectivity index (χ3n) is 3.88. The predicted octanol–water partition coefficient (Wildman–Crippen LogP) is 0.492. The number of hydrogen-bond donors (Lipinski definition) is 1. The Balaban J connectivity index is 1.94. The second kappa shape index (κ2) is 2.85. The average molecular weight is 224 g/mol. The third kappa shape index (κ3) is 0.988. The topological polar surface area (TPSA) is 72.8 Å². The first-order valence-corrected chi connectivity index (χ1v) is 5.34. The molecule has 3 rings (SSSR count). The number of carbonyl (C=O) groups is 2. The largest absolute Gasteiger partial charge is 0.481 e. The zero-order valence-electron chi connectivity index (χ0n) is 8.64. The van der Waals surface area contributed by atoms with Crippen molar-refractivity contribution in [1.29, 1.82) is 0 Å². The van der Waals surface area contributed by atoms with Crippen LogP contribution in [0.1, 0.15) is 19.3 Å². The Morgan fingerprint density at radius 2 is 2.44 bits per heavy atom. The summed E-state index contributed by atoms with van der Waals surface area (Å²) in [6.07, 6.45) is 4.56. The van der Waals surface area contributed by atoms with Crippen molar-refractivity contribution in [3.05, 3.63) is 12.2 Å². The normalized spacial score (nSPS) is 43.5. The Kier molecular flexibility index (Phi) is 1.75. The van der Waals surface area contributed by atoms with Crippen molar-refractivity contribution >= 4 is 11.9 Å². The van der Waals surface area contributed by atoms with Gasteiger partial charge < -0.3 is 14.6 Å². The van der Waals surface area contributed by atoms with Gasteiger partial charge in [-0.15, -0.1) is 0 Å². The molecule has 0 aromatic rings. The lowest BCUT2D eigenvalue weighted by Gasteiger charge is -2.31. The zero-order chi connectivity index (χ0) is 11.4. The molecule has 0 saturated carbocycles. The molecule has 0 amide bonds. The molecule has 86 valence electrons. The molecule has 3 atom stereocenters. The predicted molar refractivity (Wildman–Crippen MR) is 51.6 cm³/mol. The fraction of sp³-hybridized carbons (Fsp3) is 0.636. The number of fused-ring (bicyclic) bond motifs is 1. The molecule has 3 aliphatic heterocycles. The van der Waals surface area contributed by atoms with Gasteiger partial charge in [0, 0.05) is 6.42 Å². The highest BCUT2D eigenvalue weighted by Gasteiger charge is 2.69. The van der Waals surface area contributed by atoms with Gasteiger partial charge in [-0.2, -0.15) is 0 Å². The van der Waals surface area contributed by atoms with E-state index in [0.717, 1.165) is 0 Å². The second-order valence-electron chi connectivity index (χ2n) is 4.66. The Labute approximate surface area is 92.0 Å². The van der Waals surface area contributed by atoms with Crippen molar-refractivity contribution in [1.82, 2.24) is 0 Å². The van der Waals surface area contributed by atoms with Gasteiger partial charge in [0.25, 0.3) is 0 Å². The minimum absolute atomic E-state index is 0.0270. The van der Waals surface area contributed by atoms with E-state index in [1.807, 2.05) is 12.2 Å². The molecule has 2 fully saturated rings. The van der Waals surface area contributed by atoms with Crippen LogP contribution in [-0.4, -0.2) is 35.4 Å². The number of hydrogen-bond acceptors (Lipinski definition) is 4. The molecule has 1 spiro atoms. The maximum absolute atomic E-state index is 11.8. The van der Waals surface area contributed by atoms with Crippen LogP contribution in [0.15, 0.2) is 12.2 Å². The lowest BCUT2D eigenvalue weighted by molar-refractivity contribution is -0.147. The molecular formula is C11H12O5. The molecule has 0 unspecified atom stereocenters. The van der Waals surface area contributed by atoms with Gasteiger partial charge >= 0.3 is 11.9 Å². The monoisotopic (exact) mass is 224 g/mol. The van der Waals surface area contributed by atoms with E-state index in [2.05, 4.69) is 0 Å². The minimum Gasteiger partial charge on any atom is -0.481 e. The molecular weight excluding hydrogens is 212 g/mol. The minimum atomic E-state index is -0.893. The third-order valence-corrected chi connectivity index (χ3v) is 3.88. The summed E-state index contributed by atoms with van der Waals surface area (Å²) in [5, 5.41) is 8.73. The molecule has 0 aromatic heterocycles. The van der Waals surface area contributed by atoms with Crippen LogP contribution in [0.2, 0.25) is 0 Å². The van der Waals surface area contributed by atoms with Crippen LogP contribution in [0.4, 0.5) is 0 Å². The summed E-state index contributed by atoms with van der Waals surface area (Å²) in [6, 6.07) is 0. The number of cyclic esters (lactones) is 1. The summed E-state index contributed by atoms with van der Waals surface area (Å²) in [5.41, 5.74) is -1.45. The Morgan fingerprint density at radius 1 is 1.62 bits per heavy atom. The van der Waals surface area contributed by atoms with Gasteiger partial charge in [-0.05, 0) is 18.9 Å². The number of aliphatic carboxylic acids is 1. The molecule has 16 heavy (non-hydrogen) atoms. The number of ether oxygens (including phenoxy) is 2. The number of carboxylic acid groups (broad SMARTS) is 1. The zero-order valence-corrected chi connectivity index (χ0v) is 8.64. The van der Waals surface area contributed by atoms with Crippen molar-refractivity contribution in [2.24, 2.45) is 5.41 Å². The maximum atomic E-state index is 11.8. The molecule has 3 aliphatic rings. The fourth-order valence-corrected chi connectivity index (χ4v) is 3.03. The van der Waals surface area contributed by atoms with E-state index in [4.69, 9.17) is 14.6 Å². The smallest absolute Gasteiger partial charge is 0.315 e. The summed E-state index contributed by atoms with van der Waals surface area (Å²) in [6.45, 7) is 0.221. The second-order valence-corrected chi connectivity index (χ2v) is 4.66. The van der Waals surface area contributed by atoms with E-state index >= 15 is 0 Å². The van der Waals surface area contributed by atoms with Crippen LogP contribution in [0, 0.1) is 5.41 Å². The average Bonchev–Trinajstić information content (AvgIpc) is 2.85. The number of rotatable bonds is 3. The van der Waals surface area contributed by atoms with E-state index in [1.165, 1.54) is 0 Å². The standard InChI is InChI=1S/C11H12O5/c12-8(13)2-3-10-5-7-1-4-11(10,16-7)6-15-9(10)14/h1,4,7H,2-3,5-6H2,(H,12,13)/t7-,10+,11-/m0/s1. The van der Waals surface area contributed by atoms with Gasteiger partial charge in [0.1, 0.15) is 17.6 Å². The summed E-state index contributed by atoms with van der Waals surface area (Å²) in [7, 11) is 0. The van der Waals surface area contributed by atoms with Crippen molar-refractivity contribution in [3.8, 4) is 0 Å². The fourth-order valence-electron chi connectivity index (χ4n) is 3.03. The molecule has 0 radical (unpaired) electrons. The molecule has 2 saturated heterocycles. The number of carboxylic acids is 1. The van der Waals surface area contributed by atoms with Crippen molar-refractivity contribution < 1.29 is 24.2 Å². The van der Waals surface area contributed by atoms with Crippen LogP contribution in [0.3, 0.4) is 0 Å². The van der Waals surface area contributed by atoms with Gasteiger partial charge in [0.15, 0.2) is 0 Å². The van der Waals surface area contributed by atoms with Gasteiger partial charge in [-0.25, -0.2) is 0 Å². The lowest BCUT2D eigenvalue weighted by atomic mass is 9.67. The Hall–Kier alpha value is -1.36. The van der Waals surface area contributed by atoms with Gasteiger partial charge in [-0.1, -0.05) is 6.08 Å². The van der Waals surface area contributed by atoms with Gasteiger partial charge in [-0.3, -0.25) is 9.59 Å². The van der Waals surface area contributed by atoms with Crippen LogP contribution < -0.4 is 0 Å². The Morgan fingerprint density at radius 3 is 3.12 bits per heavy atom. The number of esters is 1. The first kappa shape index (κ1) is 9.84. The summed E-state index contributed by atoms with van der Waals surface area (Å²) >= 11 is 0. The molecule has 0 aliphatic carbocycles. The SMILES string of the molecule is O=C(O)CC[C@]12C[C@@H]3C=C[C@@]1(COC2=O)O3. The molecule has 3 heterocycles. The lowest BCUT2D eigenvalue weighted by Crippen LogP contribution is -2.44. The maximum Gasteiger partial charge on any atom is 0.315 e. The van der Waals surface area contributed by atoms with Gasteiger partial charge in [0.05, 0.1) is 6.10 Å². The highest BCUT2D eigenvalue weighted by atomic mass is 16.6.